The molecular formula is C10H11ClN4. The normalized spacial score (nSPS) is 10.3. The first kappa shape index (κ1) is 9.98. The fraction of sp³-hybridized carbons (Fsp3) is 0.200. The summed E-state index contributed by atoms with van der Waals surface area (Å²) in [5.74, 6) is 0.758. The van der Waals surface area contributed by atoms with Crippen molar-refractivity contribution in [2.24, 2.45) is 0 Å². The molecule has 0 aliphatic heterocycles. The van der Waals surface area contributed by atoms with Crippen LogP contribution < -0.4 is 4.90 Å². The van der Waals surface area contributed by atoms with Crippen molar-refractivity contribution in [1.29, 1.82) is 0 Å². The van der Waals surface area contributed by atoms with E-state index in [0.717, 1.165) is 11.5 Å². The highest BCUT2D eigenvalue weighted by atomic mass is 35.5. The number of anilines is 1. The van der Waals surface area contributed by atoms with Crippen LogP contribution in [0.25, 0.3) is 5.82 Å². The van der Waals surface area contributed by atoms with Gasteiger partial charge in [-0.3, -0.25) is 0 Å². The van der Waals surface area contributed by atoms with E-state index >= 15 is 0 Å². The third-order valence-corrected chi connectivity index (χ3v) is 2.23. The smallest absolute Gasteiger partial charge is 0.155 e. The Labute approximate surface area is 93.1 Å². The van der Waals surface area contributed by atoms with Crippen molar-refractivity contribution < 1.29 is 0 Å². The Morgan fingerprint density at radius 2 is 2.20 bits per heavy atom. The number of pyridine rings is 1. The lowest BCUT2D eigenvalue weighted by atomic mass is 10.3. The molecule has 0 fully saturated rings. The van der Waals surface area contributed by atoms with Gasteiger partial charge in [0.2, 0.25) is 0 Å². The maximum atomic E-state index is 5.79. The van der Waals surface area contributed by atoms with Gasteiger partial charge in [-0.05, 0) is 6.07 Å². The molecule has 0 atom stereocenters. The average molecular weight is 223 g/mol. The number of rotatable bonds is 2. The molecule has 2 aromatic rings. The zero-order chi connectivity index (χ0) is 10.8. The lowest BCUT2D eigenvalue weighted by Crippen LogP contribution is -2.09. The number of halogens is 1. The van der Waals surface area contributed by atoms with Gasteiger partial charge in [0.15, 0.2) is 5.82 Å². The van der Waals surface area contributed by atoms with Gasteiger partial charge in [-0.2, -0.15) is 5.10 Å². The van der Waals surface area contributed by atoms with E-state index in [2.05, 4.69) is 10.1 Å². The van der Waals surface area contributed by atoms with Crippen molar-refractivity contribution in [3.63, 3.8) is 0 Å². The van der Waals surface area contributed by atoms with Crippen molar-refractivity contribution in [3.05, 3.63) is 35.7 Å². The van der Waals surface area contributed by atoms with E-state index in [9.17, 15) is 0 Å². The molecule has 0 aromatic carbocycles. The van der Waals surface area contributed by atoms with Crippen LogP contribution in [0.4, 0.5) is 5.69 Å². The fourth-order valence-corrected chi connectivity index (χ4v) is 1.37. The molecule has 4 nitrogen and oxygen atoms in total. The van der Waals surface area contributed by atoms with Crippen molar-refractivity contribution in [2.75, 3.05) is 19.0 Å². The molecule has 2 rings (SSSR count). The van der Waals surface area contributed by atoms with Crippen LogP contribution >= 0.6 is 11.6 Å². The Morgan fingerprint density at radius 1 is 1.40 bits per heavy atom. The standard InChI is InChI=1S/C10H11ClN4/c1-14(2)9-3-4-12-10(5-9)15-7-8(11)6-13-15/h3-7H,1-2H3. The molecule has 2 heterocycles. The highest BCUT2D eigenvalue weighted by molar-refractivity contribution is 6.30. The van der Waals surface area contributed by atoms with Gasteiger partial charge in [0, 0.05) is 32.0 Å². The van der Waals surface area contributed by atoms with Gasteiger partial charge in [-0.1, -0.05) is 11.6 Å². The van der Waals surface area contributed by atoms with E-state index in [-0.39, 0.29) is 0 Å². The van der Waals surface area contributed by atoms with E-state index in [1.165, 1.54) is 0 Å². The molecule has 0 bridgehead atoms. The van der Waals surface area contributed by atoms with Gasteiger partial charge < -0.3 is 4.90 Å². The zero-order valence-electron chi connectivity index (χ0n) is 8.55. The second-order valence-electron chi connectivity index (χ2n) is 3.37. The molecule has 0 saturated heterocycles. The summed E-state index contributed by atoms with van der Waals surface area (Å²) < 4.78 is 1.65. The van der Waals surface area contributed by atoms with Crippen LogP contribution in [0.3, 0.4) is 0 Å². The van der Waals surface area contributed by atoms with Crippen LogP contribution in [0, 0.1) is 0 Å². The molecular weight excluding hydrogens is 212 g/mol. The van der Waals surface area contributed by atoms with Crippen LogP contribution in [-0.4, -0.2) is 28.9 Å². The Morgan fingerprint density at radius 3 is 2.80 bits per heavy atom. The van der Waals surface area contributed by atoms with Crippen molar-refractivity contribution in [2.45, 2.75) is 0 Å². The van der Waals surface area contributed by atoms with E-state index in [4.69, 9.17) is 11.6 Å². The van der Waals surface area contributed by atoms with E-state index in [1.807, 2.05) is 31.1 Å². The van der Waals surface area contributed by atoms with Crippen molar-refractivity contribution in [3.8, 4) is 5.82 Å². The summed E-state index contributed by atoms with van der Waals surface area (Å²) >= 11 is 5.79. The second kappa shape index (κ2) is 3.90. The largest absolute Gasteiger partial charge is 0.378 e. The topological polar surface area (TPSA) is 34.0 Å². The van der Waals surface area contributed by atoms with Crippen LogP contribution in [-0.2, 0) is 0 Å². The summed E-state index contributed by atoms with van der Waals surface area (Å²) in [5, 5.41) is 4.69. The maximum absolute atomic E-state index is 5.79. The third-order valence-electron chi connectivity index (χ3n) is 2.03. The highest BCUT2D eigenvalue weighted by Crippen LogP contribution is 2.15. The molecule has 15 heavy (non-hydrogen) atoms. The molecule has 0 radical (unpaired) electrons. The van der Waals surface area contributed by atoms with E-state index < -0.39 is 0 Å². The summed E-state index contributed by atoms with van der Waals surface area (Å²) in [7, 11) is 3.96. The third kappa shape index (κ3) is 2.10. The van der Waals surface area contributed by atoms with Gasteiger partial charge in [-0.15, -0.1) is 0 Å². The molecule has 5 heteroatoms. The number of hydrogen-bond acceptors (Lipinski definition) is 3. The van der Waals surface area contributed by atoms with Crippen molar-refractivity contribution in [1.82, 2.24) is 14.8 Å². The van der Waals surface area contributed by atoms with Crippen LogP contribution in [0.5, 0.6) is 0 Å². The Hall–Kier alpha value is -1.55. The minimum Gasteiger partial charge on any atom is -0.378 e. The molecule has 78 valence electrons. The number of aromatic nitrogens is 3. The predicted octanol–water partition coefficient (Wildman–Crippen LogP) is 1.99. The summed E-state index contributed by atoms with van der Waals surface area (Å²) in [5.41, 5.74) is 1.08. The molecule has 0 saturated carbocycles. The predicted molar refractivity (Wildman–Crippen MR) is 60.7 cm³/mol. The molecule has 0 aliphatic rings. The van der Waals surface area contributed by atoms with Gasteiger partial charge in [0.05, 0.1) is 17.4 Å². The minimum atomic E-state index is 0.604. The van der Waals surface area contributed by atoms with Gasteiger partial charge in [0.1, 0.15) is 0 Å². The minimum absolute atomic E-state index is 0.604. The summed E-state index contributed by atoms with van der Waals surface area (Å²) in [6, 6.07) is 3.89. The average Bonchev–Trinajstić information content (AvgIpc) is 2.65. The fourth-order valence-electron chi connectivity index (χ4n) is 1.24. The second-order valence-corrected chi connectivity index (χ2v) is 3.81. The number of nitrogens with zero attached hydrogens (tertiary/aromatic N) is 4. The number of hydrogen-bond donors (Lipinski definition) is 0. The first-order valence-corrected chi connectivity index (χ1v) is 4.88. The first-order valence-electron chi connectivity index (χ1n) is 4.51. The zero-order valence-corrected chi connectivity index (χ0v) is 9.31. The summed E-state index contributed by atoms with van der Waals surface area (Å²) in [4.78, 5) is 6.23. The summed E-state index contributed by atoms with van der Waals surface area (Å²) in [6.07, 6.45) is 5.06. The Bertz CT molecular complexity index is 464. The molecule has 0 amide bonds. The molecule has 0 aliphatic carbocycles. The Balaban J connectivity index is 2.41. The molecule has 0 unspecified atom stereocenters. The maximum Gasteiger partial charge on any atom is 0.155 e. The van der Waals surface area contributed by atoms with E-state index in [0.29, 0.717) is 5.02 Å². The monoisotopic (exact) mass is 222 g/mol. The van der Waals surface area contributed by atoms with Crippen LogP contribution in [0.15, 0.2) is 30.7 Å². The van der Waals surface area contributed by atoms with Crippen LogP contribution in [0.1, 0.15) is 0 Å². The van der Waals surface area contributed by atoms with Gasteiger partial charge in [-0.25, -0.2) is 9.67 Å². The summed E-state index contributed by atoms with van der Waals surface area (Å²) in [6.45, 7) is 0. The van der Waals surface area contributed by atoms with Crippen LogP contribution in [0.2, 0.25) is 5.02 Å². The molecule has 0 spiro atoms. The first-order chi connectivity index (χ1) is 7.16. The lowest BCUT2D eigenvalue weighted by Gasteiger charge is -2.12. The van der Waals surface area contributed by atoms with Crippen molar-refractivity contribution >= 4 is 17.3 Å². The van der Waals surface area contributed by atoms with Gasteiger partial charge >= 0.3 is 0 Å². The molecule has 2 aromatic heterocycles. The lowest BCUT2D eigenvalue weighted by molar-refractivity contribution is 0.845. The SMILES string of the molecule is CN(C)c1ccnc(-n2cc(Cl)cn2)c1. The highest BCUT2D eigenvalue weighted by Gasteiger charge is 2.02. The quantitative estimate of drug-likeness (QED) is 0.779. The van der Waals surface area contributed by atoms with E-state index in [1.54, 1.807) is 23.3 Å². The molecule has 0 N–H and O–H groups in total. The van der Waals surface area contributed by atoms with Gasteiger partial charge in [0.25, 0.3) is 0 Å². The Kier molecular flexibility index (Phi) is 2.60.